The molecule has 80 valence electrons. The molecule has 0 aliphatic heterocycles. The lowest BCUT2D eigenvalue weighted by Crippen LogP contribution is -2.10. The topological polar surface area (TPSA) is 90.3 Å². The molecule has 6 nitrogen and oxygen atoms in total. The number of nitrogens with zero attached hydrogens (tertiary/aromatic N) is 4. The predicted octanol–water partition coefficient (Wildman–Crippen LogP) is 0.480. The van der Waals surface area contributed by atoms with E-state index in [-0.39, 0.29) is 0 Å². The van der Waals surface area contributed by atoms with E-state index in [2.05, 4.69) is 25.5 Å². The Balaban J connectivity index is 2.06. The zero-order valence-electron chi connectivity index (χ0n) is 8.51. The second kappa shape index (κ2) is 4.89. The number of pyridine rings is 1. The zero-order chi connectivity index (χ0) is 11.2. The van der Waals surface area contributed by atoms with Crippen LogP contribution in [0.1, 0.15) is 5.82 Å². The molecule has 0 atom stereocenters. The highest BCUT2D eigenvalue weighted by Crippen LogP contribution is 2.11. The molecule has 0 aliphatic carbocycles. The lowest BCUT2D eigenvalue weighted by Gasteiger charge is -1.93. The summed E-state index contributed by atoms with van der Waals surface area (Å²) in [5.74, 6) is 1.38. The van der Waals surface area contributed by atoms with E-state index in [4.69, 9.17) is 5.26 Å². The first-order valence-corrected chi connectivity index (χ1v) is 4.84. The van der Waals surface area contributed by atoms with Gasteiger partial charge in [0, 0.05) is 30.9 Å². The van der Waals surface area contributed by atoms with Crippen LogP contribution in [0, 0.1) is 11.5 Å². The SMILES string of the molecule is N#CNCCc1nc(-c2cccnc2)n[nH]1. The summed E-state index contributed by atoms with van der Waals surface area (Å²) >= 11 is 0. The van der Waals surface area contributed by atoms with Crippen LogP contribution in [0.25, 0.3) is 11.4 Å². The van der Waals surface area contributed by atoms with Gasteiger partial charge in [-0.2, -0.15) is 10.4 Å². The van der Waals surface area contributed by atoms with Gasteiger partial charge in [0.05, 0.1) is 0 Å². The lowest BCUT2D eigenvalue weighted by molar-refractivity contribution is 0.797. The maximum Gasteiger partial charge on any atom is 0.182 e. The summed E-state index contributed by atoms with van der Waals surface area (Å²) in [6, 6.07) is 3.73. The Labute approximate surface area is 92.4 Å². The second-order valence-electron chi connectivity index (χ2n) is 3.14. The van der Waals surface area contributed by atoms with Crippen molar-refractivity contribution in [3.8, 4) is 17.6 Å². The smallest absolute Gasteiger partial charge is 0.182 e. The van der Waals surface area contributed by atoms with Crippen molar-refractivity contribution in [2.24, 2.45) is 0 Å². The number of hydrogen-bond acceptors (Lipinski definition) is 5. The fraction of sp³-hybridized carbons (Fsp3) is 0.200. The van der Waals surface area contributed by atoms with Crippen molar-refractivity contribution in [1.29, 1.82) is 5.26 Å². The number of aromatic amines is 1. The highest BCUT2D eigenvalue weighted by atomic mass is 15.2. The third kappa shape index (κ3) is 2.33. The first-order chi connectivity index (χ1) is 7.90. The van der Waals surface area contributed by atoms with Crippen LogP contribution in [0.15, 0.2) is 24.5 Å². The van der Waals surface area contributed by atoms with Crippen molar-refractivity contribution >= 4 is 0 Å². The Hall–Kier alpha value is -2.42. The Morgan fingerprint density at radius 1 is 1.50 bits per heavy atom. The average Bonchev–Trinajstić information content (AvgIpc) is 2.79. The van der Waals surface area contributed by atoms with Gasteiger partial charge in [-0.25, -0.2) is 4.98 Å². The Morgan fingerprint density at radius 2 is 2.44 bits per heavy atom. The number of aromatic nitrogens is 4. The fourth-order valence-electron chi connectivity index (χ4n) is 1.27. The number of nitrogens with one attached hydrogen (secondary N) is 2. The molecule has 16 heavy (non-hydrogen) atoms. The van der Waals surface area contributed by atoms with Gasteiger partial charge in [0.1, 0.15) is 5.82 Å². The molecule has 0 aromatic carbocycles. The highest BCUT2D eigenvalue weighted by molar-refractivity contribution is 5.52. The van der Waals surface area contributed by atoms with Gasteiger partial charge in [-0.3, -0.25) is 10.1 Å². The molecule has 0 radical (unpaired) electrons. The molecule has 0 saturated carbocycles. The van der Waals surface area contributed by atoms with Crippen LogP contribution in [0.4, 0.5) is 0 Å². The minimum Gasteiger partial charge on any atom is -0.323 e. The van der Waals surface area contributed by atoms with Gasteiger partial charge in [0.2, 0.25) is 0 Å². The number of H-pyrrole nitrogens is 1. The summed E-state index contributed by atoms with van der Waals surface area (Å²) in [6.45, 7) is 0.554. The largest absolute Gasteiger partial charge is 0.323 e. The Bertz CT molecular complexity index is 484. The van der Waals surface area contributed by atoms with Gasteiger partial charge >= 0.3 is 0 Å². The van der Waals surface area contributed by atoms with Crippen molar-refractivity contribution in [3.63, 3.8) is 0 Å². The molecular weight excluding hydrogens is 204 g/mol. The molecule has 0 bridgehead atoms. The van der Waals surface area contributed by atoms with E-state index in [0.29, 0.717) is 18.8 Å². The Morgan fingerprint density at radius 3 is 3.19 bits per heavy atom. The minimum absolute atomic E-state index is 0.554. The molecule has 2 heterocycles. The number of hydrogen-bond donors (Lipinski definition) is 2. The van der Waals surface area contributed by atoms with E-state index in [0.717, 1.165) is 11.4 Å². The van der Waals surface area contributed by atoms with Crippen molar-refractivity contribution < 1.29 is 0 Å². The quantitative estimate of drug-likeness (QED) is 0.439. The van der Waals surface area contributed by atoms with Gasteiger partial charge < -0.3 is 5.32 Å². The maximum absolute atomic E-state index is 8.31. The molecule has 2 rings (SSSR count). The van der Waals surface area contributed by atoms with Crippen LogP contribution >= 0.6 is 0 Å². The van der Waals surface area contributed by atoms with E-state index in [1.165, 1.54) is 0 Å². The van der Waals surface area contributed by atoms with Crippen LogP contribution < -0.4 is 5.32 Å². The Kier molecular flexibility index (Phi) is 3.09. The average molecular weight is 214 g/mol. The monoisotopic (exact) mass is 214 g/mol. The van der Waals surface area contributed by atoms with E-state index in [1.54, 1.807) is 12.4 Å². The summed E-state index contributed by atoms with van der Waals surface area (Å²) in [7, 11) is 0. The minimum atomic E-state index is 0.554. The van der Waals surface area contributed by atoms with Crippen LogP contribution in [-0.4, -0.2) is 26.7 Å². The van der Waals surface area contributed by atoms with Gasteiger partial charge in [0.25, 0.3) is 0 Å². The molecule has 0 saturated heterocycles. The third-order valence-electron chi connectivity index (χ3n) is 2.02. The van der Waals surface area contributed by atoms with Gasteiger partial charge in [-0.1, -0.05) is 0 Å². The molecule has 2 N–H and O–H groups in total. The molecule has 0 aliphatic rings. The summed E-state index contributed by atoms with van der Waals surface area (Å²) < 4.78 is 0. The van der Waals surface area contributed by atoms with Crippen molar-refractivity contribution in [2.75, 3.05) is 6.54 Å². The van der Waals surface area contributed by atoms with E-state index in [1.807, 2.05) is 18.3 Å². The molecular formula is C10H10N6. The first-order valence-electron chi connectivity index (χ1n) is 4.84. The number of rotatable bonds is 4. The highest BCUT2D eigenvalue weighted by Gasteiger charge is 2.04. The van der Waals surface area contributed by atoms with E-state index >= 15 is 0 Å². The van der Waals surface area contributed by atoms with Crippen molar-refractivity contribution in [2.45, 2.75) is 6.42 Å². The summed E-state index contributed by atoms with van der Waals surface area (Å²) in [6.07, 6.45) is 5.91. The molecule has 0 fully saturated rings. The molecule has 0 spiro atoms. The standard InChI is InChI=1S/C10H10N6/c11-7-13-5-3-9-14-10(16-15-9)8-2-1-4-12-6-8/h1-2,4,6,13H,3,5H2,(H,14,15,16). The summed E-state index contributed by atoms with van der Waals surface area (Å²) in [5.41, 5.74) is 0.873. The second-order valence-corrected chi connectivity index (χ2v) is 3.14. The van der Waals surface area contributed by atoms with Gasteiger partial charge in [-0.05, 0) is 12.1 Å². The van der Waals surface area contributed by atoms with Crippen LogP contribution in [0.2, 0.25) is 0 Å². The van der Waals surface area contributed by atoms with Crippen LogP contribution in [-0.2, 0) is 6.42 Å². The normalized spacial score (nSPS) is 9.69. The fourth-order valence-corrected chi connectivity index (χ4v) is 1.27. The third-order valence-corrected chi connectivity index (χ3v) is 2.02. The number of nitriles is 1. The van der Waals surface area contributed by atoms with Crippen molar-refractivity contribution in [3.05, 3.63) is 30.4 Å². The first kappa shape index (κ1) is 10.1. The molecule has 0 unspecified atom stereocenters. The summed E-state index contributed by atoms with van der Waals surface area (Å²) in [4.78, 5) is 8.29. The van der Waals surface area contributed by atoms with E-state index < -0.39 is 0 Å². The molecule has 0 amide bonds. The van der Waals surface area contributed by atoms with Crippen molar-refractivity contribution in [1.82, 2.24) is 25.5 Å². The maximum atomic E-state index is 8.31. The predicted molar refractivity (Wildman–Crippen MR) is 56.9 cm³/mol. The molecule has 6 heteroatoms. The lowest BCUT2D eigenvalue weighted by atomic mass is 10.3. The van der Waals surface area contributed by atoms with Crippen LogP contribution in [0.5, 0.6) is 0 Å². The van der Waals surface area contributed by atoms with E-state index in [9.17, 15) is 0 Å². The zero-order valence-corrected chi connectivity index (χ0v) is 8.51. The summed E-state index contributed by atoms with van der Waals surface area (Å²) in [5, 5.41) is 17.8. The molecule has 2 aromatic heterocycles. The van der Waals surface area contributed by atoms with Gasteiger partial charge in [0.15, 0.2) is 12.0 Å². The van der Waals surface area contributed by atoms with Gasteiger partial charge in [-0.15, -0.1) is 0 Å². The van der Waals surface area contributed by atoms with Crippen LogP contribution in [0.3, 0.4) is 0 Å². The molecule has 2 aromatic rings.